The lowest BCUT2D eigenvalue weighted by Gasteiger charge is -2.23. The minimum Gasteiger partial charge on any atom is -0.432 e. The summed E-state index contributed by atoms with van der Waals surface area (Å²) in [4.78, 5) is 11.5. The Morgan fingerprint density at radius 1 is 1.19 bits per heavy atom. The first-order chi connectivity index (χ1) is 15.2. The minimum absolute atomic E-state index is 0.150. The molecule has 0 amide bonds. The standard InChI is InChI=1S/C22H30N2O7S/c1-3-5-21(26)18-8-10-19(11-9-18)24(32(2,28)29)23-13-12-17-6-4-7-20(16-17)31-22(27)30-15-14-25/h4,6-11,16,21,23,25-26H,3,5,12-15H2,1-2H3. The zero-order valence-corrected chi connectivity index (χ0v) is 19.0. The molecule has 10 heteroatoms. The van der Waals surface area contributed by atoms with E-state index in [4.69, 9.17) is 9.84 Å². The molecule has 1 atom stereocenters. The zero-order valence-electron chi connectivity index (χ0n) is 18.2. The molecular formula is C22H30N2O7S. The average Bonchev–Trinajstić information content (AvgIpc) is 2.75. The largest absolute Gasteiger partial charge is 0.513 e. The van der Waals surface area contributed by atoms with Gasteiger partial charge in [0, 0.05) is 6.54 Å². The normalized spacial score (nSPS) is 12.2. The Morgan fingerprint density at radius 3 is 2.53 bits per heavy atom. The molecule has 0 radical (unpaired) electrons. The number of aliphatic hydroxyl groups is 2. The molecular weight excluding hydrogens is 436 g/mol. The summed E-state index contributed by atoms with van der Waals surface area (Å²) in [6.07, 6.45) is 1.55. The number of nitrogens with zero attached hydrogens (tertiary/aromatic N) is 1. The first-order valence-electron chi connectivity index (χ1n) is 10.3. The number of hydrazine groups is 1. The molecule has 0 aliphatic carbocycles. The van der Waals surface area contributed by atoms with E-state index in [1.807, 2.05) is 13.0 Å². The average molecular weight is 467 g/mol. The maximum atomic E-state index is 12.3. The van der Waals surface area contributed by atoms with Gasteiger partial charge in [-0.1, -0.05) is 37.6 Å². The highest BCUT2D eigenvalue weighted by Gasteiger charge is 2.18. The van der Waals surface area contributed by atoms with Crippen LogP contribution in [0.2, 0.25) is 0 Å². The van der Waals surface area contributed by atoms with Crippen LogP contribution in [0.5, 0.6) is 5.75 Å². The van der Waals surface area contributed by atoms with E-state index in [9.17, 15) is 18.3 Å². The molecule has 1 unspecified atom stereocenters. The maximum absolute atomic E-state index is 12.3. The van der Waals surface area contributed by atoms with Crippen molar-refractivity contribution in [2.45, 2.75) is 32.3 Å². The number of nitrogens with one attached hydrogen (secondary N) is 1. The Hall–Kier alpha value is -2.66. The van der Waals surface area contributed by atoms with Gasteiger partial charge >= 0.3 is 6.16 Å². The summed E-state index contributed by atoms with van der Waals surface area (Å²) in [5, 5.41) is 18.8. The summed E-state index contributed by atoms with van der Waals surface area (Å²) in [5.41, 5.74) is 4.89. The van der Waals surface area contributed by atoms with E-state index in [1.54, 1.807) is 42.5 Å². The van der Waals surface area contributed by atoms with Crippen LogP contribution in [0.15, 0.2) is 48.5 Å². The third-order valence-electron chi connectivity index (χ3n) is 4.49. The van der Waals surface area contributed by atoms with Crippen LogP contribution in [0.1, 0.15) is 37.0 Å². The van der Waals surface area contributed by atoms with Gasteiger partial charge in [-0.25, -0.2) is 23.1 Å². The van der Waals surface area contributed by atoms with Gasteiger partial charge in [0.1, 0.15) is 12.4 Å². The van der Waals surface area contributed by atoms with Crippen molar-refractivity contribution in [3.63, 3.8) is 0 Å². The van der Waals surface area contributed by atoms with Gasteiger partial charge in [-0.15, -0.1) is 0 Å². The van der Waals surface area contributed by atoms with Crippen LogP contribution in [0, 0.1) is 0 Å². The van der Waals surface area contributed by atoms with Crippen LogP contribution < -0.4 is 14.6 Å². The van der Waals surface area contributed by atoms with Gasteiger partial charge in [0.25, 0.3) is 0 Å². The summed E-state index contributed by atoms with van der Waals surface area (Å²) in [5.74, 6) is 0.284. The van der Waals surface area contributed by atoms with E-state index >= 15 is 0 Å². The van der Waals surface area contributed by atoms with E-state index in [1.165, 1.54) is 0 Å². The monoisotopic (exact) mass is 466 g/mol. The molecule has 0 saturated carbocycles. The molecule has 0 heterocycles. The van der Waals surface area contributed by atoms with E-state index in [0.717, 1.165) is 28.2 Å². The summed E-state index contributed by atoms with van der Waals surface area (Å²) >= 11 is 0. The number of aliphatic hydroxyl groups excluding tert-OH is 2. The van der Waals surface area contributed by atoms with Crippen molar-refractivity contribution in [1.82, 2.24) is 5.43 Å². The number of sulfonamides is 1. The number of ether oxygens (including phenoxy) is 2. The molecule has 0 aliphatic rings. The van der Waals surface area contributed by atoms with Gasteiger partial charge in [-0.3, -0.25) is 0 Å². The Bertz CT molecular complexity index is 964. The fourth-order valence-corrected chi connectivity index (χ4v) is 3.82. The highest BCUT2D eigenvalue weighted by atomic mass is 32.2. The molecule has 32 heavy (non-hydrogen) atoms. The number of carbonyl (C=O) groups excluding carboxylic acids is 1. The number of rotatable bonds is 12. The fraction of sp³-hybridized carbons (Fsp3) is 0.409. The molecule has 9 nitrogen and oxygen atoms in total. The maximum Gasteiger partial charge on any atom is 0.513 e. The van der Waals surface area contributed by atoms with Crippen LogP contribution in [0.3, 0.4) is 0 Å². The summed E-state index contributed by atoms with van der Waals surface area (Å²) in [6.45, 7) is 1.84. The predicted molar refractivity (Wildman–Crippen MR) is 121 cm³/mol. The van der Waals surface area contributed by atoms with Crippen LogP contribution in [0.4, 0.5) is 10.5 Å². The highest BCUT2D eigenvalue weighted by molar-refractivity contribution is 7.92. The second kappa shape index (κ2) is 12.4. The second-order valence-corrected chi connectivity index (χ2v) is 8.98. The van der Waals surface area contributed by atoms with Crippen LogP contribution in [-0.4, -0.2) is 50.8 Å². The fourth-order valence-electron chi connectivity index (χ4n) is 2.99. The summed E-state index contributed by atoms with van der Waals surface area (Å²) in [6, 6.07) is 13.5. The molecule has 2 rings (SSSR count). The molecule has 0 spiro atoms. The third-order valence-corrected chi connectivity index (χ3v) is 5.49. The number of carbonyl (C=O) groups is 1. The molecule has 0 saturated heterocycles. The van der Waals surface area contributed by atoms with Gasteiger partial charge in [-0.05, 0) is 48.2 Å². The van der Waals surface area contributed by atoms with E-state index in [-0.39, 0.29) is 19.0 Å². The molecule has 176 valence electrons. The Morgan fingerprint density at radius 2 is 1.91 bits per heavy atom. The molecule has 0 fully saturated rings. The third kappa shape index (κ3) is 8.12. The number of hydrogen-bond donors (Lipinski definition) is 3. The van der Waals surface area contributed by atoms with Crippen LogP contribution >= 0.6 is 0 Å². The molecule has 0 aromatic heterocycles. The van der Waals surface area contributed by atoms with Gasteiger partial charge in [0.05, 0.1) is 24.7 Å². The smallest absolute Gasteiger partial charge is 0.432 e. The van der Waals surface area contributed by atoms with E-state index < -0.39 is 22.3 Å². The van der Waals surface area contributed by atoms with Crippen LogP contribution in [-0.2, 0) is 21.2 Å². The first kappa shape index (κ1) is 25.6. The van der Waals surface area contributed by atoms with Gasteiger partial charge in [-0.2, -0.15) is 0 Å². The van der Waals surface area contributed by atoms with Crippen molar-refractivity contribution in [2.24, 2.45) is 0 Å². The lowest BCUT2D eigenvalue weighted by atomic mass is 10.1. The van der Waals surface area contributed by atoms with Gasteiger partial charge in [0.2, 0.25) is 10.0 Å². The van der Waals surface area contributed by atoms with Crippen molar-refractivity contribution < 1.29 is 32.9 Å². The van der Waals surface area contributed by atoms with Gasteiger partial charge in [0.15, 0.2) is 0 Å². The Labute approximate surface area is 188 Å². The van der Waals surface area contributed by atoms with Crippen LogP contribution in [0.25, 0.3) is 0 Å². The Kier molecular flexibility index (Phi) is 9.92. The number of hydrogen-bond acceptors (Lipinski definition) is 8. The van der Waals surface area contributed by atoms with Crippen molar-refractivity contribution in [1.29, 1.82) is 0 Å². The Balaban J connectivity index is 2.00. The topological polar surface area (TPSA) is 125 Å². The zero-order chi connectivity index (χ0) is 23.6. The molecule has 3 N–H and O–H groups in total. The lowest BCUT2D eigenvalue weighted by Crippen LogP contribution is -2.43. The SMILES string of the molecule is CCCC(O)c1ccc(N(NCCc2cccc(OC(=O)OCCO)c2)S(C)(=O)=O)cc1. The molecule has 2 aromatic rings. The first-order valence-corrected chi connectivity index (χ1v) is 12.2. The minimum atomic E-state index is -3.60. The van der Waals surface area contributed by atoms with Crippen molar-refractivity contribution >= 4 is 21.9 Å². The second-order valence-electron chi connectivity index (χ2n) is 7.15. The van der Waals surface area contributed by atoms with E-state index in [0.29, 0.717) is 25.1 Å². The van der Waals surface area contributed by atoms with Crippen molar-refractivity contribution in [3.8, 4) is 5.75 Å². The summed E-state index contributed by atoms with van der Waals surface area (Å²) < 4.78 is 35.4. The molecule has 0 bridgehead atoms. The molecule has 2 aromatic carbocycles. The van der Waals surface area contributed by atoms with Gasteiger partial charge < -0.3 is 19.7 Å². The van der Waals surface area contributed by atoms with Crippen molar-refractivity contribution in [2.75, 3.05) is 30.4 Å². The van der Waals surface area contributed by atoms with E-state index in [2.05, 4.69) is 10.2 Å². The molecule has 0 aliphatic heterocycles. The summed E-state index contributed by atoms with van der Waals surface area (Å²) in [7, 11) is -3.60. The lowest BCUT2D eigenvalue weighted by molar-refractivity contribution is 0.0807. The highest BCUT2D eigenvalue weighted by Crippen LogP contribution is 2.23. The number of benzene rings is 2. The predicted octanol–water partition coefficient (Wildman–Crippen LogP) is 2.54. The quantitative estimate of drug-likeness (QED) is 0.248. The van der Waals surface area contributed by atoms with Crippen molar-refractivity contribution in [3.05, 3.63) is 59.7 Å². The number of anilines is 1.